The number of allylic oxidation sites excluding steroid dienone is 2. The number of halogens is 3. The molecule has 1 saturated heterocycles. The van der Waals surface area contributed by atoms with Crippen LogP contribution >= 0.6 is 43.5 Å². The Hall–Kier alpha value is -0.330. The summed E-state index contributed by atoms with van der Waals surface area (Å²) < 4.78 is -1.09. The molecule has 1 amide bonds. The van der Waals surface area contributed by atoms with E-state index in [4.69, 9.17) is 16.7 Å². The van der Waals surface area contributed by atoms with Crippen molar-refractivity contribution in [3.05, 3.63) is 24.4 Å². The van der Waals surface area contributed by atoms with E-state index in [1.165, 1.54) is 12.2 Å². The van der Waals surface area contributed by atoms with Gasteiger partial charge in [-0.05, 0) is 6.08 Å². The summed E-state index contributed by atoms with van der Waals surface area (Å²) in [7, 11) is 0. The molecule has 0 aromatic heterocycles. The largest absolute Gasteiger partial charge is 0.477 e. The third-order valence-electron chi connectivity index (χ3n) is 1.78. The lowest BCUT2D eigenvalue weighted by molar-refractivity contribution is -0.146. The second-order valence-electron chi connectivity index (χ2n) is 2.73. The van der Waals surface area contributed by atoms with Crippen molar-refractivity contribution in [1.29, 1.82) is 0 Å². The monoisotopic (exact) mass is 357 g/mol. The lowest BCUT2D eigenvalue weighted by Gasteiger charge is -2.46. The van der Waals surface area contributed by atoms with Gasteiger partial charge in [-0.15, -0.1) is 0 Å². The smallest absolute Gasteiger partial charge is 0.352 e. The van der Waals surface area contributed by atoms with Crippen LogP contribution in [-0.2, 0) is 9.59 Å². The molecular formula is C8H6Br2ClNO3. The van der Waals surface area contributed by atoms with E-state index >= 15 is 0 Å². The SMILES string of the molecule is C=CC=C(C(=O)O)N1C(=O)C(Br)(Br)C1Cl. The highest BCUT2D eigenvalue weighted by molar-refractivity contribution is 9.26. The quantitative estimate of drug-likeness (QED) is 0.276. The highest BCUT2D eigenvalue weighted by Gasteiger charge is 2.59. The van der Waals surface area contributed by atoms with Gasteiger partial charge in [-0.25, -0.2) is 4.79 Å². The Balaban J connectivity index is 3.01. The highest BCUT2D eigenvalue weighted by atomic mass is 79.9. The van der Waals surface area contributed by atoms with Crippen LogP contribution in [0.15, 0.2) is 24.4 Å². The van der Waals surface area contributed by atoms with Gasteiger partial charge in [-0.1, -0.05) is 56.1 Å². The molecule has 0 aliphatic carbocycles. The third kappa shape index (κ3) is 1.98. The zero-order valence-corrected chi connectivity index (χ0v) is 11.2. The first-order chi connectivity index (χ1) is 6.84. The van der Waals surface area contributed by atoms with Crippen molar-refractivity contribution in [3.63, 3.8) is 0 Å². The molecule has 4 nitrogen and oxygen atoms in total. The van der Waals surface area contributed by atoms with E-state index in [2.05, 4.69) is 38.4 Å². The van der Waals surface area contributed by atoms with Crippen molar-refractivity contribution in [3.8, 4) is 0 Å². The summed E-state index contributed by atoms with van der Waals surface area (Å²) in [5.41, 5.74) is -1.00. The molecule has 7 heteroatoms. The Kier molecular flexibility index (Phi) is 3.63. The number of carboxylic acids is 1. The maximum Gasteiger partial charge on any atom is 0.352 e. The van der Waals surface area contributed by atoms with E-state index < -0.39 is 20.6 Å². The van der Waals surface area contributed by atoms with Crippen molar-refractivity contribution < 1.29 is 14.7 Å². The molecule has 0 spiro atoms. The van der Waals surface area contributed by atoms with Gasteiger partial charge in [0.2, 0.25) is 0 Å². The molecule has 0 bridgehead atoms. The fourth-order valence-corrected chi connectivity index (χ4v) is 2.14. The minimum absolute atomic E-state index is 0.204. The topological polar surface area (TPSA) is 57.6 Å². The van der Waals surface area contributed by atoms with Crippen LogP contribution in [0.3, 0.4) is 0 Å². The van der Waals surface area contributed by atoms with Crippen LogP contribution in [0.1, 0.15) is 0 Å². The molecule has 0 aromatic rings. The van der Waals surface area contributed by atoms with Gasteiger partial charge in [0.05, 0.1) is 0 Å². The normalized spacial score (nSPS) is 24.7. The first-order valence-electron chi connectivity index (χ1n) is 3.75. The van der Waals surface area contributed by atoms with Gasteiger partial charge in [0.1, 0.15) is 11.2 Å². The lowest BCUT2D eigenvalue weighted by Crippen LogP contribution is -2.65. The Bertz CT molecular complexity index is 367. The summed E-state index contributed by atoms with van der Waals surface area (Å²) in [5.74, 6) is -1.69. The average Bonchev–Trinajstić information content (AvgIpc) is 2.16. The van der Waals surface area contributed by atoms with Gasteiger partial charge in [0.25, 0.3) is 5.91 Å². The van der Waals surface area contributed by atoms with Gasteiger partial charge in [-0.2, -0.15) is 0 Å². The number of amides is 1. The van der Waals surface area contributed by atoms with E-state index in [1.807, 2.05) is 0 Å². The summed E-state index contributed by atoms with van der Waals surface area (Å²) in [5, 5.41) is 8.85. The molecule has 1 unspecified atom stereocenters. The Morgan fingerprint density at radius 2 is 2.20 bits per heavy atom. The van der Waals surface area contributed by atoms with Crippen LogP contribution in [0.25, 0.3) is 0 Å². The van der Waals surface area contributed by atoms with Gasteiger partial charge < -0.3 is 5.11 Å². The standard InChI is InChI=1S/C8H6Br2ClNO3/c1-2-3-4(5(13)14)12-6(11)8(9,10)7(12)15/h2-3,6H,1H2,(H,13,14). The number of likely N-dealkylation sites (tertiary alicyclic amines) is 1. The average molecular weight is 359 g/mol. The number of nitrogens with zero attached hydrogens (tertiary/aromatic N) is 1. The van der Waals surface area contributed by atoms with Crippen molar-refractivity contribution in [2.75, 3.05) is 0 Å². The number of rotatable bonds is 3. The molecule has 1 fully saturated rings. The van der Waals surface area contributed by atoms with Crippen LogP contribution in [-0.4, -0.2) is 30.6 Å². The molecule has 0 radical (unpaired) electrons. The molecule has 82 valence electrons. The number of hydrogen-bond acceptors (Lipinski definition) is 2. The number of carbonyl (C=O) groups excluding carboxylic acids is 1. The number of aliphatic carboxylic acids is 1. The molecular weight excluding hydrogens is 353 g/mol. The maximum atomic E-state index is 11.5. The molecule has 0 aromatic carbocycles. The predicted molar refractivity (Wildman–Crippen MR) is 63.0 cm³/mol. The molecule has 0 saturated carbocycles. The Morgan fingerprint density at radius 3 is 2.53 bits per heavy atom. The lowest BCUT2D eigenvalue weighted by atomic mass is 10.1. The molecule has 15 heavy (non-hydrogen) atoms. The van der Waals surface area contributed by atoms with Gasteiger partial charge in [-0.3, -0.25) is 9.69 Å². The summed E-state index contributed by atoms with van der Waals surface area (Å²) in [6.07, 6.45) is 2.49. The molecule has 1 rings (SSSR count). The van der Waals surface area contributed by atoms with Crippen LogP contribution in [0.4, 0.5) is 0 Å². The van der Waals surface area contributed by atoms with Crippen molar-refractivity contribution in [1.82, 2.24) is 4.90 Å². The van der Waals surface area contributed by atoms with Gasteiger partial charge in [0, 0.05) is 0 Å². The number of carboxylic acid groups (broad SMARTS) is 1. The summed E-state index contributed by atoms with van der Waals surface area (Å²) in [6.45, 7) is 3.37. The first-order valence-corrected chi connectivity index (χ1v) is 5.77. The maximum absolute atomic E-state index is 11.5. The number of β-lactam (4-membered cyclic amide) rings is 1. The van der Waals surface area contributed by atoms with Crippen molar-refractivity contribution >= 4 is 55.3 Å². The third-order valence-corrected chi connectivity index (χ3v) is 4.38. The van der Waals surface area contributed by atoms with Crippen LogP contribution in [0.5, 0.6) is 0 Å². The fraction of sp³-hybridized carbons (Fsp3) is 0.250. The Morgan fingerprint density at radius 1 is 1.67 bits per heavy atom. The zero-order valence-electron chi connectivity index (χ0n) is 7.28. The van der Waals surface area contributed by atoms with E-state index in [1.54, 1.807) is 0 Å². The summed E-state index contributed by atoms with van der Waals surface area (Å²) in [4.78, 5) is 23.3. The Labute approximate surface area is 108 Å². The van der Waals surface area contributed by atoms with Crippen molar-refractivity contribution in [2.45, 2.75) is 8.73 Å². The minimum Gasteiger partial charge on any atom is -0.477 e. The zero-order chi connectivity index (χ0) is 11.8. The number of alkyl halides is 3. The van der Waals surface area contributed by atoms with E-state index in [-0.39, 0.29) is 5.70 Å². The molecule has 1 aliphatic heterocycles. The number of carbonyl (C=O) groups is 2. The molecule has 1 atom stereocenters. The predicted octanol–water partition coefficient (Wildman–Crippen LogP) is 2.03. The highest BCUT2D eigenvalue weighted by Crippen LogP contribution is 2.48. The second-order valence-corrected chi connectivity index (χ2v) is 6.71. The molecule has 1 N–H and O–H groups in total. The molecule has 1 heterocycles. The van der Waals surface area contributed by atoms with Crippen LogP contribution in [0, 0.1) is 0 Å². The number of hydrogen-bond donors (Lipinski definition) is 1. The van der Waals surface area contributed by atoms with Gasteiger partial charge >= 0.3 is 5.97 Å². The first kappa shape index (κ1) is 12.7. The molecule has 1 aliphatic rings. The van der Waals surface area contributed by atoms with Crippen LogP contribution in [0.2, 0.25) is 0 Å². The van der Waals surface area contributed by atoms with E-state index in [0.29, 0.717) is 0 Å². The second kappa shape index (κ2) is 4.27. The van der Waals surface area contributed by atoms with E-state index in [9.17, 15) is 9.59 Å². The van der Waals surface area contributed by atoms with Crippen molar-refractivity contribution in [2.24, 2.45) is 0 Å². The van der Waals surface area contributed by atoms with E-state index in [0.717, 1.165) is 4.90 Å². The van der Waals surface area contributed by atoms with Crippen LogP contribution < -0.4 is 0 Å². The summed E-state index contributed by atoms with van der Waals surface area (Å²) in [6, 6.07) is 0. The summed E-state index contributed by atoms with van der Waals surface area (Å²) >= 11 is 12.0. The van der Waals surface area contributed by atoms with Gasteiger partial charge in [0.15, 0.2) is 3.23 Å². The fourth-order valence-electron chi connectivity index (χ4n) is 1.06. The minimum atomic E-state index is -1.23.